The Hall–Kier alpha value is 0.310. The van der Waals surface area contributed by atoms with E-state index >= 15 is 0 Å². The highest BCUT2D eigenvalue weighted by Gasteiger charge is 2.14. The maximum Gasteiger partial charge on any atom is 0.207 e. The van der Waals surface area contributed by atoms with E-state index in [0.29, 0.717) is 10.9 Å². The van der Waals surface area contributed by atoms with Crippen LogP contribution in [0.25, 0.3) is 0 Å². The maximum absolute atomic E-state index is 5.19. The van der Waals surface area contributed by atoms with Gasteiger partial charge in [0, 0.05) is 17.3 Å². The van der Waals surface area contributed by atoms with E-state index in [1.54, 1.807) is 0 Å². The molecule has 0 aromatic rings. The van der Waals surface area contributed by atoms with Gasteiger partial charge in [-0.1, -0.05) is 0 Å². The first-order valence-corrected chi connectivity index (χ1v) is 4.53. The van der Waals surface area contributed by atoms with Gasteiger partial charge in [-0.25, -0.2) is 0 Å². The summed E-state index contributed by atoms with van der Waals surface area (Å²) in [5.41, 5.74) is 0. The lowest BCUT2D eigenvalue weighted by Crippen LogP contribution is -2.20. The molecule has 1 fully saturated rings. The van der Waals surface area contributed by atoms with Crippen LogP contribution in [-0.2, 0) is 15.6 Å². The minimum atomic E-state index is 0.588. The summed E-state index contributed by atoms with van der Waals surface area (Å²) in [6.07, 6.45) is 3.54. The summed E-state index contributed by atoms with van der Waals surface area (Å²) in [6, 6.07) is 0. The second-order valence-corrected chi connectivity index (χ2v) is 4.07. The molecule has 7 heavy (non-hydrogen) atoms. The van der Waals surface area contributed by atoms with Gasteiger partial charge < -0.3 is 4.74 Å². The van der Waals surface area contributed by atoms with Crippen molar-refractivity contribution < 1.29 is 4.74 Å². The molecule has 0 aliphatic carbocycles. The fraction of sp³-hybridized carbons (Fsp3) is 1.00. The Balaban J connectivity index is 2.12. The molecule has 0 bridgehead atoms. The number of hydrogen-bond donors (Lipinski definition) is 0. The maximum atomic E-state index is 5.19. The third kappa shape index (κ3) is 1.70. The molecular formula is C5H11OS+. The van der Waals surface area contributed by atoms with E-state index in [1.807, 2.05) is 0 Å². The molecule has 0 spiro atoms. The van der Waals surface area contributed by atoms with Gasteiger partial charge in [-0.3, -0.25) is 0 Å². The molecule has 1 rings (SSSR count). The van der Waals surface area contributed by atoms with Crippen LogP contribution in [0.15, 0.2) is 0 Å². The van der Waals surface area contributed by atoms with Crippen LogP contribution in [0.2, 0.25) is 0 Å². The second-order valence-electron chi connectivity index (χ2n) is 1.87. The predicted octanol–water partition coefficient (Wildman–Crippen LogP) is 0.612. The highest BCUT2D eigenvalue weighted by Crippen LogP contribution is 2.02. The van der Waals surface area contributed by atoms with Gasteiger partial charge in [0.2, 0.25) is 5.94 Å². The van der Waals surface area contributed by atoms with Crippen molar-refractivity contribution in [3.05, 3.63) is 0 Å². The number of rotatable bonds is 0. The van der Waals surface area contributed by atoms with Crippen LogP contribution >= 0.6 is 0 Å². The van der Waals surface area contributed by atoms with Crippen LogP contribution in [0.3, 0.4) is 0 Å². The third-order valence-corrected chi connectivity index (χ3v) is 2.62. The molecule has 0 aromatic carbocycles. The Bertz CT molecular complexity index is 50.0. The van der Waals surface area contributed by atoms with Gasteiger partial charge in [0.1, 0.15) is 5.75 Å². The SMILES string of the molecule is C[S+]1CCCOC1. The van der Waals surface area contributed by atoms with E-state index < -0.39 is 0 Å². The van der Waals surface area contributed by atoms with Gasteiger partial charge in [0.05, 0.1) is 12.9 Å². The summed E-state index contributed by atoms with van der Waals surface area (Å²) >= 11 is 0. The van der Waals surface area contributed by atoms with Gasteiger partial charge in [-0.2, -0.15) is 0 Å². The minimum absolute atomic E-state index is 0.588. The molecule has 0 N–H and O–H groups in total. The van der Waals surface area contributed by atoms with Crippen LogP contribution in [0.5, 0.6) is 0 Å². The van der Waals surface area contributed by atoms with Crippen LogP contribution < -0.4 is 0 Å². The average molecular weight is 119 g/mol. The monoisotopic (exact) mass is 119 g/mol. The van der Waals surface area contributed by atoms with Crippen molar-refractivity contribution >= 4 is 10.9 Å². The summed E-state index contributed by atoms with van der Waals surface area (Å²) in [5, 5.41) is 0. The molecule has 1 nitrogen and oxygen atoms in total. The van der Waals surface area contributed by atoms with E-state index in [0.717, 1.165) is 12.5 Å². The highest BCUT2D eigenvalue weighted by molar-refractivity contribution is 7.96. The third-order valence-electron chi connectivity index (χ3n) is 1.07. The summed E-state index contributed by atoms with van der Waals surface area (Å²) < 4.78 is 5.19. The second kappa shape index (κ2) is 2.58. The molecule has 42 valence electrons. The lowest BCUT2D eigenvalue weighted by atomic mass is 10.5. The lowest BCUT2D eigenvalue weighted by Gasteiger charge is -2.08. The molecule has 2 heteroatoms. The number of hydrogen-bond acceptors (Lipinski definition) is 1. The van der Waals surface area contributed by atoms with E-state index in [2.05, 4.69) is 6.26 Å². The first-order valence-electron chi connectivity index (χ1n) is 2.56. The Kier molecular flexibility index (Phi) is 2.00. The van der Waals surface area contributed by atoms with Crippen LogP contribution in [0, 0.1) is 0 Å². The first kappa shape index (κ1) is 5.45. The van der Waals surface area contributed by atoms with E-state index in [1.165, 1.54) is 12.2 Å². The van der Waals surface area contributed by atoms with Gasteiger partial charge in [-0.05, 0) is 0 Å². The molecule has 0 radical (unpaired) electrons. The fourth-order valence-electron chi connectivity index (χ4n) is 0.667. The molecule has 0 amide bonds. The zero-order valence-corrected chi connectivity index (χ0v) is 5.46. The molecule has 1 unspecified atom stereocenters. The summed E-state index contributed by atoms with van der Waals surface area (Å²) in [5.74, 6) is 2.40. The molecule has 1 aliphatic heterocycles. The van der Waals surface area contributed by atoms with Crippen molar-refractivity contribution in [2.24, 2.45) is 0 Å². The lowest BCUT2D eigenvalue weighted by molar-refractivity contribution is 0.174. The Labute approximate surface area is 47.4 Å². The molecule has 1 atom stereocenters. The average Bonchev–Trinajstić information content (AvgIpc) is 1.69. The van der Waals surface area contributed by atoms with Crippen molar-refractivity contribution in [2.75, 3.05) is 24.6 Å². The van der Waals surface area contributed by atoms with Gasteiger partial charge >= 0.3 is 0 Å². The zero-order valence-electron chi connectivity index (χ0n) is 4.64. The zero-order chi connectivity index (χ0) is 5.11. The van der Waals surface area contributed by atoms with Crippen molar-refractivity contribution in [3.63, 3.8) is 0 Å². The Morgan fingerprint density at radius 1 is 1.57 bits per heavy atom. The summed E-state index contributed by atoms with van der Waals surface area (Å²) in [7, 11) is 0.588. The molecule has 1 heterocycles. The van der Waals surface area contributed by atoms with Crippen molar-refractivity contribution in [3.8, 4) is 0 Å². The molecule has 1 saturated heterocycles. The smallest absolute Gasteiger partial charge is 0.207 e. The molecule has 0 saturated carbocycles. The van der Waals surface area contributed by atoms with Crippen LogP contribution in [0.1, 0.15) is 6.42 Å². The molecular weight excluding hydrogens is 108 g/mol. The van der Waals surface area contributed by atoms with E-state index in [4.69, 9.17) is 4.74 Å². The molecule has 0 aromatic heterocycles. The Morgan fingerprint density at radius 2 is 2.43 bits per heavy atom. The summed E-state index contributed by atoms with van der Waals surface area (Å²) in [6.45, 7) is 0.997. The summed E-state index contributed by atoms with van der Waals surface area (Å²) in [4.78, 5) is 0. The largest absolute Gasteiger partial charge is 0.336 e. The topological polar surface area (TPSA) is 9.23 Å². The van der Waals surface area contributed by atoms with Crippen molar-refractivity contribution in [1.82, 2.24) is 0 Å². The van der Waals surface area contributed by atoms with Crippen molar-refractivity contribution in [2.45, 2.75) is 6.42 Å². The first-order chi connectivity index (χ1) is 3.39. The Morgan fingerprint density at radius 3 is 2.71 bits per heavy atom. The molecule has 1 aliphatic rings. The highest BCUT2D eigenvalue weighted by atomic mass is 32.2. The van der Waals surface area contributed by atoms with Gasteiger partial charge in [-0.15, -0.1) is 0 Å². The number of ether oxygens (including phenoxy) is 1. The minimum Gasteiger partial charge on any atom is -0.336 e. The quantitative estimate of drug-likeness (QED) is 0.425. The van der Waals surface area contributed by atoms with Gasteiger partial charge in [0.15, 0.2) is 0 Å². The van der Waals surface area contributed by atoms with E-state index in [-0.39, 0.29) is 0 Å². The van der Waals surface area contributed by atoms with E-state index in [9.17, 15) is 0 Å². The van der Waals surface area contributed by atoms with Crippen molar-refractivity contribution in [1.29, 1.82) is 0 Å². The fourth-order valence-corrected chi connectivity index (χ4v) is 1.80. The predicted molar refractivity (Wildman–Crippen MR) is 33.6 cm³/mol. The van der Waals surface area contributed by atoms with Crippen LogP contribution in [0.4, 0.5) is 0 Å². The standard InChI is InChI=1S/C5H11OS/c1-7-4-2-3-6-5-7/h2-5H2,1H3/q+1. The van der Waals surface area contributed by atoms with Gasteiger partial charge in [0.25, 0.3) is 0 Å². The normalized spacial score (nSPS) is 33.0. The van der Waals surface area contributed by atoms with Crippen LogP contribution in [-0.4, -0.2) is 24.6 Å².